The lowest BCUT2D eigenvalue weighted by atomic mass is 10.0. The monoisotopic (exact) mass is 267 g/mol. The molecule has 1 unspecified atom stereocenters. The van der Waals surface area contributed by atoms with Crippen molar-refractivity contribution in [2.75, 3.05) is 0 Å². The Bertz CT molecular complexity index is 519. The second kappa shape index (κ2) is 5.50. The molecule has 2 aromatic rings. The third kappa shape index (κ3) is 2.89. The summed E-state index contributed by atoms with van der Waals surface area (Å²) in [6.45, 7) is 0. The molecule has 0 saturated heterocycles. The van der Waals surface area contributed by atoms with Gasteiger partial charge in [0.15, 0.2) is 0 Å². The van der Waals surface area contributed by atoms with Crippen LogP contribution in [0.3, 0.4) is 0 Å². The Morgan fingerprint density at radius 1 is 1.50 bits per heavy atom. The van der Waals surface area contributed by atoms with Crippen LogP contribution in [0.4, 0.5) is 4.39 Å². The third-order valence-electron chi connectivity index (χ3n) is 2.87. The van der Waals surface area contributed by atoms with Gasteiger partial charge in [0.2, 0.25) is 0 Å². The van der Waals surface area contributed by atoms with Crippen LogP contribution in [0.2, 0.25) is 5.02 Å². The Hall–Kier alpha value is -1.39. The van der Waals surface area contributed by atoms with E-state index in [1.165, 1.54) is 6.07 Å². The number of benzene rings is 1. The summed E-state index contributed by atoms with van der Waals surface area (Å²) < 4.78 is 15.4. The largest absolute Gasteiger partial charge is 0.324 e. The van der Waals surface area contributed by atoms with Crippen LogP contribution in [0, 0.1) is 5.82 Å². The highest BCUT2D eigenvalue weighted by Gasteiger charge is 2.15. The Balaban J connectivity index is 2.06. The standard InChI is InChI=1S/C13H15ClFN3/c1-18-8-9(7-17-18)5-6-12(16)13-10(14)3-2-4-11(13)15/h2-4,7-8,12H,5-6,16H2,1H3. The summed E-state index contributed by atoms with van der Waals surface area (Å²) in [4.78, 5) is 0. The molecule has 1 aromatic carbocycles. The average molecular weight is 268 g/mol. The van der Waals surface area contributed by atoms with Gasteiger partial charge >= 0.3 is 0 Å². The predicted molar refractivity (Wildman–Crippen MR) is 69.9 cm³/mol. The van der Waals surface area contributed by atoms with Crippen LogP contribution < -0.4 is 5.73 Å². The number of aromatic nitrogens is 2. The van der Waals surface area contributed by atoms with Gasteiger partial charge < -0.3 is 5.73 Å². The molecule has 1 atom stereocenters. The Kier molecular flexibility index (Phi) is 3.99. The Morgan fingerprint density at radius 2 is 2.28 bits per heavy atom. The zero-order chi connectivity index (χ0) is 13.1. The van der Waals surface area contributed by atoms with Gasteiger partial charge in [-0.3, -0.25) is 4.68 Å². The molecule has 0 aliphatic carbocycles. The summed E-state index contributed by atoms with van der Waals surface area (Å²) in [5.74, 6) is -0.346. The van der Waals surface area contributed by atoms with Crippen molar-refractivity contribution < 1.29 is 4.39 Å². The van der Waals surface area contributed by atoms with E-state index in [2.05, 4.69) is 5.10 Å². The zero-order valence-corrected chi connectivity index (χ0v) is 10.9. The summed E-state index contributed by atoms with van der Waals surface area (Å²) in [6.07, 6.45) is 5.09. The van der Waals surface area contributed by atoms with Gasteiger partial charge in [-0.15, -0.1) is 0 Å². The highest BCUT2D eigenvalue weighted by atomic mass is 35.5. The molecule has 0 saturated carbocycles. The van der Waals surface area contributed by atoms with Crippen LogP contribution in [-0.2, 0) is 13.5 Å². The van der Waals surface area contributed by atoms with Gasteiger partial charge in [0, 0.05) is 29.9 Å². The van der Waals surface area contributed by atoms with E-state index >= 15 is 0 Å². The van der Waals surface area contributed by atoms with E-state index in [9.17, 15) is 4.39 Å². The molecule has 0 fully saturated rings. The van der Waals surface area contributed by atoms with E-state index in [0.29, 0.717) is 17.0 Å². The lowest BCUT2D eigenvalue weighted by Crippen LogP contribution is -2.13. The van der Waals surface area contributed by atoms with E-state index in [1.54, 1.807) is 23.0 Å². The summed E-state index contributed by atoms with van der Waals surface area (Å²) in [6, 6.07) is 4.21. The van der Waals surface area contributed by atoms with Crippen LogP contribution in [-0.4, -0.2) is 9.78 Å². The summed E-state index contributed by atoms with van der Waals surface area (Å²) in [5.41, 5.74) is 7.48. The van der Waals surface area contributed by atoms with Crippen molar-refractivity contribution in [2.45, 2.75) is 18.9 Å². The van der Waals surface area contributed by atoms with Crippen molar-refractivity contribution in [1.82, 2.24) is 9.78 Å². The number of rotatable bonds is 4. The normalized spacial score (nSPS) is 12.7. The van der Waals surface area contributed by atoms with Gasteiger partial charge in [-0.25, -0.2) is 4.39 Å². The molecule has 2 rings (SSSR count). The van der Waals surface area contributed by atoms with E-state index in [1.807, 2.05) is 13.2 Å². The maximum atomic E-state index is 13.6. The van der Waals surface area contributed by atoms with Gasteiger partial charge in [-0.05, 0) is 30.5 Å². The number of hydrogen-bond donors (Lipinski definition) is 1. The molecular formula is C13H15ClFN3. The maximum absolute atomic E-state index is 13.6. The summed E-state index contributed by atoms with van der Waals surface area (Å²) >= 11 is 5.97. The molecule has 1 aromatic heterocycles. The lowest BCUT2D eigenvalue weighted by Gasteiger charge is -2.14. The van der Waals surface area contributed by atoms with Gasteiger partial charge in [0.1, 0.15) is 5.82 Å². The first-order chi connectivity index (χ1) is 8.58. The van der Waals surface area contributed by atoms with Gasteiger partial charge in [-0.2, -0.15) is 5.10 Å². The quantitative estimate of drug-likeness (QED) is 0.926. The molecule has 0 aliphatic heterocycles. The molecule has 2 N–H and O–H groups in total. The molecule has 0 bridgehead atoms. The van der Waals surface area contributed by atoms with Crippen LogP contribution in [0.15, 0.2) is 30.6 Å². The summed E-state index contributed by atoms with van der Waals surface area (Å²) in [5, 5.41) is 4.46. The molecule has 3 nitrogen and oxygen atoms in total. The lowest BCUT2D eigenvalue weighted by molar-refractivity contribution is 0.564. The van der Waals surface area contributed by atoms with Crippen LogP contribution >= 0.6 is 11.6 Å². The Labute approximate surface area is 110 Å². The van der Waals surface area contributed by atoms with Crippen molar-refractivity contribution in [3.63, 3.8) is 0 Å². The van der Waals surface area contributed by atoms with Gasteiger partial charge in [-0.1, -0.05) is 17.7 Å². The van der Waals surface area contributed by atoms with Gasteiger partial charge in [0.25, 0.3) is 0 Å². The SMILES string of the molecule is Cn1cc(CCC(N)c2c(F)cccc2Cl)cn1. The maximum Gasteiger partial charge on any atom is 0.129 e. The molecule has 96 valence electrons. The second-order valence-corrected chi connectivity index (χ2v) is 4.71. The smallest absolute Gasteiger partial charge is 0.129 e. The summed E-state index contributed by atoms with van der Waals surface area (Å²) in [7, 11) is 1.86. The number of nitrogens with two attached hydrogens (primary N) is 1. The Morgan fingerprint density at radius 3 is 2.89 bits per heavy atom. The van der Waals surface area contributed by atoms with Crippen molar-refractivity contribution >= 4 is 11.6 Å². The van der Waals surface area contributed by atoms with E-state index in [-0.39, 0.29) is 5.82 Å². The van der Waals surface area contributed by atoms with Crippen LogP contribution in [0.5, 0.6) is 0 Å². The average Bonchev–Trinajstić information content (AvgIpc) is 2.72. The van der Waals surface area contributed by atoms with Crippen molar-refractivity contribution in [3.8, 4) is 0 Å². The van der Waals surface area contributed by atoms with Crippen molar-refractivity contribution in [2.24, 2.45) is 12.8 Å². The molecule has 18 heavy (non-hydrogen) atoms. The predicted octanol–water partition coefficient (Wildman–Crippen LogP) is 2.85. The van der Waals surface area contributed by atoms with E-state index < -0.39 is 6.04 Å². The molecule has 0 amide bonds. The first-order valence-electron chi connectivity index (χ1n) is 5.75. The van der Waals surface area contributed by atoms with Crippen molar-refractivity contribution in [3.05, 3.63) is 52.6 Å². The minimum absolute atomic E-state index is 0.346. The van der Waals surface area contributed by atoms with Crippen LogP contribution in [0.1, 0.15) is 23.6 Å². The first-order valence-corrected chi connectivity index (χ1v) is 6.12. The fraction of sp³-hybridized carbons (Fsp3) is 0.308. The minimum atomic E-state index is -0.404. The first kappa shape index (κ1) is 13.1. The third-order valence-corrected chi connectivity index (χ3v) is 3.20. The van der Waals surface area contributed by atoms with E-state index in [0.717, 1.165) is 12.0 Å². The fourth-order valence-corrected chi connectivity index (χ4v) is 2.24. The molecular weight excluding hydrogens is 253 g/mol. The topological polar surface area (TPSA) is 43.8 Å². The molecule has 1 heterocycles. The number of nitrogens with zero attached hydrogens (tertiary/aromatic N) is 2. The molecule has 0 aliphatic rings. The number of halogens is 2. The molecule has 0 spiro atoms. The fourth-order valence-electron chi connectivity index (χ4n) is 1.93. The number of hydrogen-bond acceptors (Lipinski definition) is 2. The van der Waals surface area contributed by atoms with Gasteiger partial charge in [0.05, 0.1) is 6.20 Å². The highest BCUT2D eigenvalue weighted by Crippen LogP contribution is 2.27. The van der Waals surface area contributed by atoms with Crippen LogP contribution in [0.25, 0.3) is 0 Å². The minimum Gasteiger partial charge on any atom is -0.324 e. The van der Waals surface area contributed by atoms with Crippen molar-refractivity contribution in [1.29, 1.82) is 0 Å². The molecule has 5 heteroatoms. The molecule has 0 radical (unpaired) electrons. The number of aryl methyl sites for hydroxylation is 2. The second-order valence-electron chi connectivity index (χ2n) is 4.30. The highest BCUT2D eigenvalue weighted by molar-refractivity contribution is 6.31. The van der Waals surface area contributed by atoms with E-state index in [4.69, 9.17) is 17.3 Å². The zero-order valence-electron chi connectivity index (χ0n) is 10.1.